The van der Waals surface area contributed by atoms with Gasteiger partial charge in [0, 0.05) is 16.5 Å². The molecule has 0 bridgehead atoms. The van der Waals surface area contributed by atoms with Gasteiger partial charge < -0.3 is 19.4 Å². The fraction of sp³-hybridized carbons (Fsp3) is 0.125. The van der Waals surface area contributed by atoms with Crippen molar-refractivity contribution in [3.8, 4) is 28.6 Å². The molecule has 0 aliphatic carbocycles. The van der Waals surface area contributed by atoms with E-state index in [1.54, 1.807) is 7.11 Å². The Morgan fingerprint density at radius 3 is 2.54 bits per heavy atom. The number of fused-ring (bicyclic) bond motifs is 3. The van der Waals surface area contributed by atoms with Crippen LogP contribution in [0.5, 0.6) is 17.5 Å². The minimum atomic E-state index is -0.558. The van der Waals surface area contributed by atoms with Gasteiger partial charge in [0.05, 0.1) is 36.2 Å². The van der Waals surface area contributed by atoms with Crippen molar-refractivity contribution in [3.05, 3.63) is 123 Å². The lowest BCUT2D eigenvalue weighted by Crippen LogP contribution is -2.25. The van der Waals surface area contributed by atoms with Gasteiger partial charge in [-0.2, -0.15) is 9.78 Å². The van der Waals surface area contributed by atoms with Crippen LogP contribution in [-0.4, -0.2) is 37.7 Å². The van der Waals surface area contributed by atoms with Crippen LogP contribution in [-0.2, 0) is 0 Å². The average Bonchev–Trinajstić information content (AvgIpc) is 3.53. The number of rotatable bonds is 4. The summed E-state index contributed by atoms with van der Waals surface area (Å²) in [6.45, 7) is 3.83. The van der Waals surface area contributed by atoms with E-state index >= 15 is 0 Å². The van der Waals surface area contributed by atoms with Gasteiger partial charge >= 0.3 is 0 Å². The predicted octanol–water partition coefficient (Wildman–Crippen LogP) is 5.71. The summed E-state index contributed by atoms with van der Waals surface area (Å²) in [5.41, 5.74) is 6.04. The van der Waals surface area contributed by atoms with Crippen molar-refractivity contribution in [2.75, 3.05) is 7.11 Å². The summed E-state index contributed by atoms with van der Waals surface area (Å²) in [6, 6.07) is 23.3. The number of aromatic amines is 2. The van der Waals surface area contributed by atoms with Crippen LogP contribution in [0.2, 0.25) is 0 Å². The monoisotopic (exact) mass is 543 g/mol. The first-order valence-corrected chi connectivity index (χ1v) is 13.2. The molecule has 0 radical (unpaired) electrons. The van der Waals surface area contributed by atoms with E-state index in [0.29, 0.717) is 28.3 Å². The highest BCUT2D eigenvalue weighted by Crippen LogP contribution is 2.47. The van der Waals surface area contributed by atoms with Gasteiger partial charge in [-0.05, 0) is 49.2 Å². The first-order chi connectivity index (χ1) is 19.9. The number of benzene rings is 3. The lowest BCUT2D eigenvalue weighted by Gasteiger charge is -2.25. The fourth-order valence-electron chi connectivity index (χ4n) is 5.66. The summed E-state index contributed by atoms with van der Waals surface area (Å²) in [4.78, 5) is 37.8. The third-order valence-electron chi connectivity index (χ3n) is 7.56. The number of ether oxygens (including phenoxy) is 2. The van der Waals surface area contributed by atoms with Crippen LogP contribution in [0.3, 0.4) is 0 Å². The average molecular weight is 544 g/mol. The number of methoxy groups -OCH3 is 1. The molecule has 9 nitrogen and oxygen atoms in total. The summed E-state index contributed by atoms with van der Waals surface area (Å²) in [6.07, 6.45) is 1.29. The van der Waals surface area contributed by atoms with E-state index in [1.165, 1.54) is 11.0 Å². The molecule has 1 atom stereocenters. The Morgan fingerprint density at radius 1 is 1.00 bits per heavy atom. The second-order valence-electron chi connectivity index (χ2n) is 10.1. The molecular formula is C32H25N5O4. The van der Waals surface area contributed by atoms with Gasteiger partial charge in [-0.3, -0.25) is 9.59 Å². The smallest absolute Gasteiger partial charge is 0.298 e. The summed E-state index contributed by atoms with van der Waals surface area (Å²) >= 11 is 0. The molecule has 3 aromatic carbocycles. The Kier molecular flexibility index (Phi) is 5.60. The summed E-state index contributed by atoms with van der Waals surface area (Å²) in [5.74, 6) is 0.104. The molecule has 0 saturated carbocycles. The van der Waals surface area contributed by atoms with E-state index in [9.17, 15) is 9.59 Å². The molecule has 0 amide bonds. The Hall–Kier alpha value is -5.44. The maximum atomic E-state index is 14.4. The van der Waals surface area contributed by atoms with Crippen molar-refractivity contribution < 1.29 is 14.3 Å². The van der Waals surface area contributed by atoms with Gasteiger partial charge in [-0.15, -0.1) is 0 Å². The lowest BCUT2D eigenvalue weighted by atomic mass is 9.85. The number of hydrogen-bond donors (Lipinski definition) is 2. The van der Waals surface area contributed by atoms with Gasteiger partial charge in [0.25, 0.3) is 11.5 Å². The molecule has 0 fully saturated rings. The number of aryl methyl sites for hydroxylation is 2. The first-order valence-electron chi connectivity index (χ1n) is 13.2. The molecule has 0 spiro atoms. The molecular weight excluding hydrogens is 518 g/mol. The van der Waals surface area contributed by atoms with Gasteiger partial charge in [0.2, 0.25) is 11.8 Å². The normalized spacial score (nSPS) is 13.9. The van der Waals surface area contributed by atoms with Crippen LogP contribution >= 0.6 is 0 Å². The van der Waals surface area contributed by atoms with Crippen molar-refractivity contribution >= 4 is 16.8 Å². The topological polar surface area (TPSA) is 115 Å². The second-order valence-corrected chi connectivity index (χ2v) is 10.1. The molecule has 9 heteroatoms. The van der Waals surface area contributed by atoms with Gasteiger partial charge in [-0.25, -0.2) is 4.98 Å². The number of H-pyrrole nitrogens is 2. The van der Waals surface area contributed by atoms with Crippen LogP contribution in [0.25, 0.3) is 22.0 Å². The quantitative estimate of drug-likeness (QED) is 0.294. The predicted molar refractivity (Wildman–Crippen MR) is 154 cm³/mol. The van der Waals surface area contributed by atoms with Crippen LogP contribution in [0.1, 0.15) is 44.4 Å². The molecule has 41 heavy (non-hydrogen) atoms. The van der Waals surface area contributed by atoms with Gasteiger partial charge in [0.15, 0.2) is 0 Å². The number of aromatic nitrogens is 5. The standard InChI is InChI=1S/C32H25N5O4/c1-17-9-14-23-22(15-17)25(19-7-5-4-6-8-19)28(35-23)31(39)37-32-24(18(2)36-37)26(20-10-12-21(40-3)13-11-20)27-29(38)33-16-34-30(27)41-32/h4-16,26,35H,1-3H3,(H,33,34,38). The Morgan fingerprint density at radius 2 is 1.78 bits per heavy atom. The molecule has 7 rings (SSSR count). The van der Waals surface area contributed by atoms with Crippen LogP contribution in [0.4, 0.5) is 0 Å². The summed E-state index contributed by atoms with van der Waals surface area (Å²) in [5, 5.41) is 5.61. The van der Waals surface area contributed by atoms with Crippen molar-refractivity contribution in [3.63, 3.8) is 0 Å². The third kappa shape index (κ3) is 3.85. The van der Waals surface area contributed by atoms with Crippen LogP contribution in [0.15, 0.2) is 83.9 Å². The van der Waals surface area contributed by atoms with E-state index < -0.39 is 5.92 Å². The Labute approximate surface area is 234 Å². The summed E-state index contributed by atoms with van der Waals surface area (Å²) in [7, 11) is 1.60. The third-order valence-corrected chi connectivity index (χ3v) is 7.56. The highest BCUT2D eigenvalue weighted by Gasteiger charge is 2.39. The Balaban J connectivity index is 1.44. The van der Waals surface area contributed by atoms with Gasteiger partial charge in [0.1, 0.15) is 11.4 Å². The molecule has 1 aliphatic heterocycles. The highest BCUT2D eigenvalue weighted by atomic mass is 16.5. The molecule has 1 unspecified atom stereocenters. The number of nitrogens with one attached hydrogen (secondary N) is 2. The largest absolute Gasteiger partial charge is 0.497 e. The van der Waals surface area contributed by atoms with Crippen molar-refractivity contribution in [2.45, 2.75) is 19.8 Å². The molecule has 3 aromatic heterocycles. The van der Waals surface area contributed by atoms with E-state index in [1.807, 2.05) is 80.6 Å². The number of nitrogens with zero attached hydrogens (tertiary/aromatic N) is 3. The zero-order chi connectivity index (χ0) is 28.2. The second kappa shape index (κ2) is 9.34. The molecule has 6 aromatic rings. The highest BCUT2D eigenvalue weighted by molar-refractivity contribution is 6.10. The van der Waals surface area contributed by atoms with E-state index in [4.69, 9.17) is 9.47 Å². The van der Waals surface area contributed by atoms with E-state index in [0.717, 1.165) is 33.2 Å². The van der Waals surface area contributed by atoms with Crippen LogP contribution < -0.4 is 15.0 Å². The fourth-order valence-corrected chi connectivity index (χ4v) is 5.66. The van der Waals surface area contributed by atoms with E-state index in [2.05, 4.69) is 26.1 Å². The lowest BCUT2D eigenvalue weighted by molar-refractivity contribution is 0.0931. The molecule has 1 aliphatic rings. The number of hydrogen-bond acceptors (Lipinski definition) is 6. The Bertz CT molecular complexity index is 2020. The zero-order valence-corrected chi connectivity index (χ0v) is 22.6. The van der Waals surface area contributed by atoms with Crippen molar-refractivity contribution in [2.24, 2.45) is 0 Å². The van der Waals surface area contributed by atoms with Crippen molar-refractivity contribution in [1.29, 1.82) is 0 Å². The minimum absolute atomic E-state index is 0.131. The molecule has 4 heterocycles. The SMILES string of the molecule is COc1ccc(C2c3c(C)nn(C(=O)c4[nH]c5ccc(C)cc5c4-c4ccccc4)c3Oc3nc[nH]c(=O)c32)cc1. The van der Waals surface area contributed by atoms with Gasteiger partial charge in [-0.1, -0.05) is 54.1 Å². The maximum Gasteiger partial charge on any atom is 0.298 e. The minimum Gasteiger partial charge on any atom is -0.497 e. The first kappa shape index (κ1) is 24.6. The zero-order valence-electron chi connectivity index (χ0n) is 22.6. The molecule has 2 N–H and O–H groups in total. The van der Waals surface area contributed by atoms with E-state index in [-0.39, 0.29) is 23.2 Å². The summed E-state index contributed by atoms with van der Waals surface area (Å²) < 4.78 is 12.8. The van der Waals surface area contributed by atoms with Crippen molar-refractivity contribution in [1.82, 2.24) is 24.7 Å². The molecule has 202 valence electrons. The number of carbonyl (C=O) groups excluding carboxylic acids is 1. The molecule has 0 saturated heterocycles. The maximum absolute atomic E-state index is 14.4. The number of carbonyl (C=O) groups is 1. The van der Waals surface area contributed by atoms with Crippen LogP contribution in [0, 0.1) is 13.8 Å².